The highest BCUT2D eigenvalue weighted by Crippen LogP contribution is 2.36. The maximum atomic E-state index is 12.4. The van der Waals surface area contributed by atoms with Crippen LogP contribution in [-0.4, -0.2) is 52.8 Å². The van der Waals surface area contributed by atoms with Crippen LogP contribution in [0.2, 0.25) is 0 Å². The first-order valence-electron chi connectivity index (χ1n) is 23.0. The molecule has 0 fully saturated rings. The molecular formula is C47H85O9P. The largest absolute Gasteiger partial charge is 0.469 e. The van der Waals surface area contributed by atoms with Gasteiger partial charge in [-0.15, -0.1) is 0 Å². The van der Waals surface area contributed by atoms with E-state index in [1.165, 1.54) is 116 Å². The molecule has 0 aliphatic heterocycles. The van der Waals surface area contributed by atoms with Gasteiger partial charge in [0.2, 0.25) is 0 Å². The monoisotopic (exact) mass is 825 g/mol. The van der Waals surface area contributed by atoms with Crippen molar-refractivity contribution in [3.63, 3.8) is 0 Å². The minimum absolute atomic E-state index is 0.127. The van der Waals surface area contributed by atoms with Gasteiger partial charge in [-0.2, -0.15) is 0 Å². The van der Waals surface area contributed by atoms with Gasteiger partial charge in [-0.05, 0) is 57.8 Å². The van der Waals surface area contributed by atoms with Crippen molar-refractivity contribution in [1.29, 1.82) is 0 Å². The molecule has 57 heavy (non-hydrogen) atoms. The molecule has 0 aromatic heterocycles. The molecule has 0 amide bonds. The summed E-state index contributed by atoms with van der Waals surface area (Å²) >= 11 is 0. The lowest BCUT2D eigenvalue weighted by Gasteiger charge is -2.18. The van der Waals surface area contributed by atoms with Gasteiger partial charge < -0.3 is 24.4 Å². The second-order valence-corrected chi connectivity index (χ2v) is 16.7. The smallest absolute Gasteiger partial charge is 0.462 e. The van der Waals surface area contributed by atoms with Gasteiger partial charge >= 0.3 is 19.8 Å². The van der Waals surface area contributed by atoms with Gasteiger partial charge in [-0.3, -0.25) is 14.1 Å². The van der Waals surface area contributed by atoms with Gasteiger partial charge in [-0.25, -0.2) is 4.57 Å². The topological polar surface area (TPSA) is 140 Å². The van der Waals surface area contributed by atoms with Crippen molar-refractivity contribution >= 4 is 19.8 Å². The molecule has 0 aliphatic carbocycles. The van der Waals surface area contributed by atoms with Crippen LogP contribution >= 0.6 is 7.82 Å². The highest BCUT2D eigenvalue weighted by molar-refractivity contribution is 7.46. The molecule has 0 unspecified atom stereocenters. The number of aliphatic hydroxyl groups is 1. The van der Waals surface area contributed by atoms with Crippen LogP contribution in [0.1, 0.15) is 212 Å². The molecule has 0 saturated heterocycles. The van der Waals surface area contributed by atoms with E-state index in [0.29, 0.717) is 19.3 Å². The zero-order chi connectivity index (χ0) is 41.8. The van der Waals surface area contributed by atoms with Gasteiger partial charge in [-0.1, -0.05) is 190 Å². The van der Waals surface area contributed by atoms with Crippen LogP contribution in [-0.2, 0) is 28.2 Å². The van der Waals surface area contributed by atoms with Crippen molar-refractivity contribution in [1.82, 2.24) is 0 Å². The van der Waals surface area contributed by atoms with E-state index in [1.54, 1.807) is 0 Å². The third-order valence-electron chi connectivity index (χ3n) is 9.91. The van der Waals surface area contributed by atoms with Crippen molar-refractivity contribution < 1.29 is 43.0 Å². The number of esters is 2. The second-order valence-electron chi connectivity index (χ2n) is 15.5. The minimum Gasteiger partial charge on any atom is -0.462 e. The third-order valence-corrected chi connectivity index (χ3v) is 10.4. The van der Waals surface area contributed by atoms with Crippen LogP contribution < -0.4 is 0 Å². The molecule has 0 rings (SSSR count). The number of allylic oxidation sites excluding steroid dienone is 8. The number of hydrogen-bond donors (Lipinski definition) is 3. The summed E-state index contributed by atoms with van der Waals surface area (Å²) in [5.41, 5.74) is 0. The highest BCUT2D eigenvalue weighted by atomic mass is 31.2. The summed E-state index contributed by atoms with van der Waals surface area (Å²) in [6, 6.07) is 0. The van der Waals surface area contributed by atoms with Crippen molar-refractivity contribution in [2.24, 2.45) is 0 Å². The lowest BCUT2D eigenvalue weighted by molar-refractivity contribution is -0.161. The van der Waals surface area contributed by atoms with Gasteiger partial charge in [0.25, 0.3) is 0 Å². The zero-order valence-corrected chi connectivity index (χ0v) is 37.1. The van der Waals surface area contributed by atoms with Crippen molar-refractivity contribution in [3.8, 4) is 0 Å². The summed E-state index contributed by atoms with van der Waals surface area (Å²) in [5.74, 6) is -0.958. The Balaban J connectivity index is 3.92. The summed E-state index contributed by atoms with van der Waals surface area (Å²) in [6.07, 6.45) is 51.5. The fourth-order valence-corrected chi connectivity index (χ4v) is 6.82. The first kappa shape index (κ1) is 55.0. The molecule has 0 aliphatic rings. The highest BCUT2D eigenvalue weighted by Gasteiger charge is 2.22. The van der Waals surface area contributed by atoms with Crippen molar-refractivity contribution in [2.75, 3.05) is 19.8 Å². The molecule has 332 valence electrons. The Labute approximate surface area is 348 Å². The first-order chi connectivity index (χ1) is 27.8. The van der Waals surface area contributed by atoms with Crippen molar-refractivity contribution in [3.05, 3.63) is 48.6 Å². The number of aliphatic hydroxyl groups excluding tert-OH is 1. The number of carbonyl (C=O) groups is 2. The minimum atomic E-state index is -4.78. The van der Waals surface area contributed by atoms with E-state index in [4.69, 9.17) is 24.4 Å². The predicted molar refractivity (Wildman–Crippen MR) is 236 cm³/mol. The number of unbranched alkanes of at least 4 members (excludes halogenated alkanes) is 24. The molecule has 1 atom stereocenters. The Morgan fingerprint density at radius 1 is 0.491 bits per heavy atom. The summed E-state index contributed by atoms with van der Waals surface area (Å²) in [7, 11) is -4.78. The SMILES string of the molecule is CCCCCCCCCCCCCCCCCCCCCCCC(=O)OC[C@H](COP(=O)(O)O)OC(=O)CCC/C=C\C/C=C\C/C=C\C/C=C\CCCCCO. The third kappa shape index (κ3) is 46.5. The van der Waals surface area contributed by atoms with Crippen LogP contribution in [0.15, 0.2) is 48.6 Å². The molecule has 0 aromatic carbocycles. The number of phosphoric acid groups is 1. The maximum Gasteiger partial charge on any atom is 0.469 e. The lowest BCUT2D eigenvalue weighted by atomic mass is 10.0. The molecule has 0 spiro atoms. The van der Waals surface area contributed by atoms with Gasteiger partial charge in [0, 0.05) is 19.4 Å². The van der Waals surface area contributed by atoms with Crippen LogP contribution in [0.25, 0.3) is 0 Å². The van der Waals surface area contributed by atoms with Crippen LogP contribution in [0, 0.1) is 0 Å². The summed E-state index contributed by atoms with van der Waals surface area (Å²) < 4.78 is 26.4. The molecule has 0 aromatic rings. The molecule has 10 heteroatoms. The Bertz CT molecular complexity index is 1070. The number of rotatable bonds is 43. The number of phosphoric ester groups is 1. The number of hydrogen-bond acceptors (Lipinski definition) is 7. The quantitative estimate of drug-likeness (QED) is 0.0237. The Kier molecular flexibility index (Phi) is 42.0. The Hall–Kier alpha value is -2.03. The van der Waals surface area contributed by atoms with E-state index in [1.807, 2.05) is 12.2 Å². The average molecular weight is 825 g/mol. The van der Waals surface area contributed by atoms with E-state index in [0.717, 1.165) is 57.8 Å². The summed E-state index contributed by atoms with van der Waals surface area (Å²) in [4.78, 5) is 42.9. The van der Waals surface area contributed by atoms with E-state index in [-0.39, 0.29) is 26.1 Å². The molecular weight excluding hydrogens is 739 g/mol. The number of carbonyl (C=O) groups excluding carboxylic acids is 2. The fraction of sp³-hybridized carbons (Fsp3) is 0.787. The zero-order valence-electron chi connectivity index (χ0n) is 36.2. The molecule has 3 N–H and O–H groups in total. The van der Waals surface area contributed by atoms with E-state index >= 15 is 0 Å². The Morgan fingerprint density at radius 3 is 1.32 bits per heavy atom. The van der Waals surface area contributed by atoms with Gasteiger partial charge in [0.05, 0.1) is 6.61 Å². The molecule has 0 heterocycles. The van der Waals surface area contributed by atoms with E-state index < -0.39 is 32.5 Å². The standard InChI is InChI=1S/C47H85O9P/c1-2-3-4-5-6-7-8-9-10-11-12-13-14-16-19-22-25-28-31-34-37-40-46(49)54-43-45(44-55-57(51,52)53)56-47(50)41-38-35-32-29-26-23-20-17-15-18-21-24-27-30-33-36-39-42-48/h15,18,20,23-24,27,29,32,45,48H,2-14,16-17,19,21-22,25-26,28,30-31,33-44H2,1H3,(H2,51,52,53)/b18-15-,23-20-,27-24-,32-29-/t45-/m1/s1. The average Bonchev–Trinajstić information content (AvgIpc) is 3.18. The molecule has 0 radical (unpaired) electrons. The summed E-state index contributed by atoms with van der Waals surface area (Å²) in [6.45, 7) is 1.68. The number of ether oxygens (including phenoxy) is 2. The fourth-order valence-electron chi connectivity index (χ4n) is 6.46. The van der Waals surface area contributed by atoms with Crippen molar-refractivity contribution in [2.45, 2.75) is 218 Å². The van der Waals surface area contributed by atoms with Crippen LogP contribution in [0.4, 0.5) is 0 Å². The molecule has 9 nitrogen and oxygen atoms in total. The van der Waals surface area contributed by atoms with Crippen LogP contribution in [0.3, 0.4) is 0 Å². The Morgan fingerprint density at radius 2 is 0.877 bits per heavy atom. The maximum absolute atomic E-state index is 12.4. The van der Waals surface area contributed by atoms with Gasteiger partial charge in [0.1, 0.15) is 6.61 Å². The second kappa shape index (κ2) is 43.5. The molecule has 0 bridgehead atoms. The first-order valence-corrected chi connectivity index (χ1v) is 24.6. The van der Waals surface area contributed by atoms with Gasteiger partial charge in [0.15, 0.2) is 6.10 Å². The lowest BCUT2D eigenvalue weighted by Crippen LogP contribution is -2.29. The molecule has 0 saturated carbocycles. The summed E-state index contributed by atoms with van der Waals surface area (Å²) in [5, 5.41) is 8.78. The predicted octanol–water partition coefficient (Wildman–Crippen LogP) is 13.3. The van der Waals surface area contributed by atoms with Crippen LogP contribution in [0.5, 0.6) is 0 Å². The normalized spacial score (nSPS) is 12.8. The van der Waals surface area contributed by atoms with E-state index in [2.05, 4.69) is 47.9 Å². The van der Waals surface area contributed by atoms with E-state index in [9.17, 15) is 14.2 Å².